The van der Waals surface area contributed by atoms with E-state index in [1.165, 1.54) is 12.8 Å². The molecule has 17 heavy (non-hydrogen) atoms. The first kappa shape index (κ1) is 12.4. The number of carbonyl (C=O) groups is 1. The van der Waals surface area contributed by atoms with Gasteiger partial charge in [0.05, 0.1) is 5.56 Å². The quantitative estimate of drug-likeness (QED) is 0.840. The van der Waals surface area contributed by atoms with Crippen LogP contribution in [0.25, 0.3) is 0 Å². The van der Waals surface area contributed by atoms with Gasteiger partial charge < -0.3 is 11.1 Å². The Kier molecular flexibility index (Phi) is 3.43. The van der Waals surface area contributed by atoms with Gasteiger partial charge in [0.2, 0.25) is 0 Å². The summed E-state index contributed by atoms with van der Waals surface area (Å²) in [5, 5.41) is 2.98. The Morgan fingerprint density at radius 2 is 2.24 bits per heavy atom. The van der Waals surface area contributed by atoms with Gasteiger partial charge >= 0.3 is 0 Å². The van der Waals surface area contributed by atoms with Crippen molar-refractivity contribution in [2.45, 2.75) is 26.2 Å². The molecule has 0 aromatic heterocycles. The van der Waals surface area contributed by atoms with Gasteiger partial charge in [0.15, 0.2) is 0 Å². The van der Waals surface area contributed by atoms with E-state index in [-0.39, 0.29) is 5.91 Å². The fraction of sp³-hybridized carbons (Fsp3) is 0.462. The molecular weight excluding hydrogens is 280 g/mol. The Morgan fingerprint density at radius 1 is 1.53 bits per heavy atom. The zero-order chi connectivity index (χ0) is 12.5. The van der Waals surface area contributed by atoms with Crippen LogP contribution < -0.4 is 11.1 Å². The van der Waals surface area contributed by atoms with Crippen molar-refractivity contribution in [2.24, 2.45) is 5.41 Å². The SMILES string of the molecule is CCC1(CNC(=O)c2ccc(Br)cc2N)CC1. The molecule has 0 spiro atoms. The van der Waals surface area contributed by atoms with E-state index < -0.39 is 0 Å². The van der Waals surface area contributed by atoms with Crippen molar-refractivity contribution < 1.29 is 4.79 Å². The van der Waals surface area contributed by atoms with E-state index in [9.17, 15) is 4.79 Å². The van der Waals surface area contributed by atoms with E-state index in [1.54, 1.807) is 12.1 Å². The lowest BCUT2D eigenvalue weighted by molar-refractivity contribution is 0.0945. The van der Waals surface area contributed by atoms with Gasteiger partial charge in [-0.2, -0.15) is 0 Å². The van der Waals surface area contributed by atoms with Gasteiger partial charge in [-0.05, 0) is 42.9 Å². The molecule has 0 unspecified atom stereocenters. The average Bonchev–Trinajstić information content (AvgIpc) is 3.07. The summed E-state index contributed by atoms with van der Waals surface area (Å²) in [6.07, 6.45) is 3.57. The van der Waals surface area contributed by atoms with Crippen LogP contribution in [0.4, 0.5) is 5.69 Å². The summed E-state index contributed by atoms with van der Waals surface area (Å²) < 4.78 is 0.888. The van der Waals surface area contributed by atoms with Gasteiger partial charge in [-0.1, -0.05) is 22.9 Å². The predicted molar refractivity (Wildman–Crippen MR) is 72.8 cm³/mol. The molecule has 0 saturated heterocycles. The van der Waals surface area contributed by atoms with E-state index in [1.807, 2.05) is 6.07 Å². The second-order valence-corrected chi connectivity index (χ2v) is 5.68. The Labute approximate surface area is 110 Å². The highest BCUT2D eigenvalue weighted by atomic mass is 79.9. The van der Waals surface area contributed by atoms with E-state index in [2.05, 4.69) is 28.2 Å². The van der Waals surface area contributed by atoms with Gasteiger partial charge in [-0.3, -0.25) is 4.79 Å². The predicted octanol–water partition coefficient (Wildman–Crippen LogP) is 2.95. The summed E-state index contributed by atoms with van der Waals surface area (Å²) in [5.41, 5.74) is 7.25. The van der Waals surface area contributed by atoms with Crippen molar-refractivity contribution in [1.82, 2.24) is 5.32 Å². The van der Waals surface area contributed by atoms with Crippen LogP contribution in [0.1, 0.15) is 36.5 Å². The molecule has 0 atom stereocenters. The maximum atomic E-state index is 12.0. The van der Waals surface area contributed by atoms with Gasteiger partial charge in [-0.15, -0.1) is 0 Å². The number of hydrogen-bond donors (Lipinski definition) is 2. The average molecular weight is 297 g/mol. The Morgan fingerprint density at radius 3 is 2.76 bits per heavy atom. The number of hydrogen-bond acceptors (Lipinski definition) is 2. The second kappa shape index (κ2) is 4.69. The molecular formula is C13H17BrN2O. The molecule has 1 aromatic rings. The third-order valence-electron chi connectivity index (χ3n) is 3.59. The van der Waals surface area contributed by atoms with Crippen LogP contribution in [-0.2, 0) is 0 Å². The number of halogens is 1. The molecule has 1 aliphatic carbocycles. The third kappa shape index (κ3) is 2.80. The van der Waals surface area contributed by atoms with Gasteiger partial charge in [0, 0.05) is 16.7 Å². The summed E-state index contributed by atoms with van der Waals surface area (Å²) in [4.78, 5) is 12.0. The largest absolute Gasteiger partial charge is 0.398 e. The zero-order valence-corrected chi connectivity index (χ0v) is 11.5. The highest BCUT2D eigenvalue weighted by molar-refractivity contribution is 9.10. The first-order valence-corrected chi connectivity index (χ1v) is 6.69. The van der Waals surface area contributed by atoms with Crippen LogP contribution in [0.3, 0.4) is 0 Å². The maximum Gasteiger partial charge on any atom is 0.253 e. The molecule has 0 bridgehead atoms. The number of benzene rings is 1. The van der Waals surface area contributed by atoms with Gasteiger partial charge in [0.25, 0.3) is 5.91 Å². The standard InChI is InChI=1S/C13H17BrN2O/c1-2-13(5-6-13)8-16-12(17)10-4-3-9(14)7-11(10)15/h3-4,7H,2,5-6,8,15H2,1H3,(H,16,17). The number of rotatable bonds is 4. The lowest BCUT2D eigenvalue weighted by atomic mass is 10.0. The molecule has 2 rings (SSSR count). The number of nitrogen functional groups attached to an aromatic ring is 1. The van der Waals surface area contributed by atoms with E-state index >= 15 is 0 Å². The molecule has 1 saturated carbocycles. The van der Waals surface area contributed by atoms with Crippen molar-refractivity contribution in [3.63, 3.8) is 0 Å². The first-order chi connectivity index (χ1) is 8.06. The number of anilines is 1. The van der Waals surface area contributed by atoms with Crippen LogP contribution in [0.5, 0.6) is 0 Å². The summed E-state index contributed by atoms with van der Waals surface area (Å²) in [6, 6.07) is 5.33. The summed E-state index contributed by atoms with van der Waals surface area (Å²) in [7, 11) is 0. The molecule has 4 heteroatoms. The summed E-state index contributed by atoms with van der Waals surface area (Å²) >= 11 is 3.33. The Balaban J connectivity index is 2.00. The fourth-order valence-electron chi connectivity index (χ4n) is 1.94. The normalized spacial score (nSPS) is 16.6. The number of nitrogens with two attached hydrogens (primary N) is 1. The number of amides is 1. The van der Waals surface area contributed by atoms with Crippen molar-refractivity contribution in [2.75, 3.05) is 12.3 Å². The summed E-state index contributed by atoms with van der Waals surface area (Å²) in [6.45, 7) is 2.94. The molecule has 0 aliphatic heterocycles. The summed E-state index contributed by atoms with van der Waals surface area (Å²) in [5.74, 6) is -0.0743. The van der Waals surface area contributed by atoms with Gasteiger partial charge in [0.1, 0.15) is 0 Å². The minimum absolute atomic E-state index is 0.0743. The maximum absolute atomic E-state index is 12.0. The lowest BCUT2D eigenvalue weighted by Crippen LogP contribution is -2.30. The van der Waals surface area contributed by atoms with Crippen LogP contribution in [-0.4, -0.2) is 12.5 Å². The fourth-order valence-corrected chi connectivity index (χ4v) is 2.31. The molecule has 0 heterocycles. The van der Waals surface area contributed by atoms with E-state index in [4.69, 9.17) is 5.73 Å². The zero-order valence-electron chi connectivity index (χ0n) is 9.92. The monoisotopic (exact) mass is 296 g/mol. The highest BCUT2D eigenvalue weighted by Gasteiger charge is 2.40. The molecule has 1 fully saturated rings. The van der Waals surface area contributed by atoms with Crippen molar-refractivity contribution in [3.05, 3.63) is 28.2 Å². The van der Waals surface area contributed by atoms with Crippen molar-refractivity contribution in [1.29, 1.82) is 0 Å². The second-order valence-electron chi connectivity index (χ2n) is 4.77. The number of carbonyl (C=O) groups excluding carboxylic acids is 1. The molecule has 3 N–H and O–H groups in total. The van der Waals surface area contributed by atoms with Gasteiger partial charge in [-0.25, -0.2) is 0 Å². The topological polar surface area (TPSA) is 55.1 Å². The minimum atomic E-state index is -0.0743. The lowest BCUT2D eigenvalue weighted by Gasteiger charge is -2.14. The molecule has 1 aromatic carbocycles. The van der Waals surface area contributed by atoms with Crippen LogP contribution in [0.2, 0.25) is 0 Å². The Bertz CT molecular complexity index is 441. The van der Waals surface area contributed by atoms with Crippen LogP contribution >= 0.6 is 15.9 Å². The molecule has 3 nitrogen and oxygen atoms in total. The third-order valence-corrected chi connectivity index (χ3v) is 4.08. The van der Waals surface area contributed by atoms with Crippen LogP contribution in [0.15, 0.2) is 22.7 Å². The minimum Gasteiger partial charge on any atom is -0.398 e. The van der Waals surface area contributed by atoms with Crippen molar-refractivity contribution in [3.8, 4) is 0 Å². The molecule has 0 radical (unpaired) electrons. The van der Waals surface area contributed by atoms with Crippen LogP contribution in [0, 0.1) is 5.41 Å². The molecule has 1 amide bonds. The molecule has 92 valence electrons. The number of nitrogens with one attached hydrogen (secondary N) is 1. The smallest absolute Gasteiger partial charge is 0.253 e. The van der Waals surface area contributed by atoms with E-state index in [0.29, 0.717) is 16.7 Å². The molecule has 1 aliphatic rings. The first-order valence-electron chi connectivity index (χ1n) is 5.89. The highest BCUT2D eigenvalue weighted by Crippen LogP contribution is 2.47. The Hall–Kier alpha value is -1.03. The van der Waals surface area contributed by atoms with E-state index in [0.717, 1.165) is 17.4 Å². The van der Waals surface area contributed by atoms with Crippen molar-refractivity contribution >= 4 is 27.5 Å².